The molecular formula is C17H22N4O2. The Balaban J connectivity index is 1.72. The molecule has 122 valence electrons. The number of hydrogen-bond acceptors (Lipinski definition) is 6. The van der Waals surface area contributed by atoms with E-state index in [1.165, 1.54) is 5.56 Å². The van der Waals surface area contributed by atoms with Crippen molar-refractivity contribution < 1.29 is 9.84 Å². The SMILES string of the molecule is Cc1ccc2ncnc(N3CCN4CCOCC4(CO)C3)c2c1. The summed E-state index contributed by atoms with van der Waals surface area (Å²) in [7, 11) is 0. The highest BCUT2D eigenvalue weighted by Gasteiger charge is 2.44. The average molecular weight is 314 g/mol. The molecule has 1 atom stereocenters. The molecule has 0 aliphatic carbocycles. The first-order valence-corrected chi connectivity index (χ1v) is 8.12. The first-order chi connectivity index (χ1) is 11.2. The van der Waals surface area contributed by atoms with E-state index in [0.29, 0.717) is 6.61 Å². The van der Waals surface area contributed by atoms with Gasteiger partial charge in [0, 0.05) is 31.6 Å². The molecule has 2 aromatic rings. The third kappa shape index (κ3) is 2.47. The molecule has 3 heterocycles. The Morgan fingerprint density at radius 2 is 2.17 bits per heavy atom. The van der Waals surface area contributed by atoms with Gasteiger partial charge in [-0.1, -0.05) is 11.6 Å². The molecule has 0 spiro atoms. The highest BCUT2D eigenvalue weighted by molar-refractivity contribution is 5.89. The minimum absolute atomic E-state index is 0.103. The number of nitrogens with zero attached hydrogens (tertiary/aromatic N) is 4. The molecule has 1 aromatic heterocycles. The van der Waals surface area contributed by atoms with Crippen molar-refractivity contribution in [2.45, 2.75) is 12.5 Å². The molecule has 0 radical (unpaired) electrons. The van der Waals surface area contributed by atoms with E-state index in [-0.39, 0.29) is 12.1 Å². The summed E-state index contributed by atoms with van der Waals surface area (Å²) in [4.78, 5) is 13.6. The zero-order valence-corrected chi connectivity index (χ0v) is 13.4. The predicted octanol–water partition coefficient (Wildman–Crippen LogP) is 0.822. The quantitative estimate of drug-likeness (QED) is 0.886. The van der Waals surface area contributed by atoms with Crippen LogP contribution in [-0.4, -0.2) is 71.5 Å². The largest absolute Gasteiger partial charge is 0.394 e. The molecule has 2 aliphatic rings. The smallest absolute Gasteiger partial charge is 0.139 e. The number of fused-ring (bicyclic) bond motifs is 2. The Labute approximate surface area is 135 Å². The topological polar surface area (TPSA) is 61.7 Å². The molecule has 2 saturated heterocycles. The summed E-state index contributed by atoms with van der Waals surface area (Å²) < 4.78 is 5.66. The van der Waals surface area contributed by atoms with Gasteiger partial charge in [-0.05, 0) is 19.1 Å². The van der Waals surface area contributed by atoms with Gasteiger partial charge < -0.3 is 14.7 Å². The van der Waals surface area contributed by atoms with Crippen LogP contribution in [0.5, 0.6) is 0 Å². The highest BCUT2D eigenvalue weighted by atomic mass is 16.5. The Hall–Kier alpha value is -1.76. The summed E-state index contributed by atoms with van der Waals surface area (Å²) in [5, 5.41) is 11.1. The molecule has 2 fully saturated rings. The van der Waals surface area contributed by atoms with Crippen molar-refractivity contribution in [3.05, 3.63) is 30.1 Å². The summed E-state index contributed by atoms with van der Waals surface area (Å²) in [6, 6.07) is 6.25. The second-order valence-electron chi connectivity index (χ2n) is 6.56. The maximum Gasteiger partial charge on any atom is 0.139 e. The number of hydrogen-bond donors (Lipinski definition) is 1. The Morgan fingerprint density at radius 1 is 1.26 bits per heavy atom. The van der Waals surface area contributed by atoms with Gasteiger partial charge in [-0.15, -0.1) is 0 Å². The molecule has 23 heavy (non-hydrogen) atoms. The van der Waals surface area contributed by atoms with E-state index in [2.05, 4.69) is 38.8 Å². The number of aliphatic hydroxyl groups excluding tert-OH is 1. The van der Waals surface area contributed by atoms with Gasteiger partial charge >= 0.3 is 0 Å². The molecule has 2 aliphatic heterocycles. The zero-order valence-electron chi connectivity index (χ0n) is 13.4. The van der Waals surface area contributed by atoms with Gasteiger partial charge in [-0.25, -0.2) is 9.97 Å². The van der Waals surface area contributed by atoms with Crippen LogP contribution in [0, 0.1) is 6.92 Å². The van der Waals surface area contributed by atoms with Gasteiger partial charge in [0.15, 0.2) is 0 Å². The molecule has 6 nitrogen and oxygen atoms in total. The second-order valence-corrected chi connectivity index (χ2v) is 6.56. The van der Waals surface area contributed by atoms with Crippen LogP contribution in [0.25, 0.3) is 10.9 Å². The van der Waals surface area contributed by atoms with Crippen molar-refractivity contribution in [1.82, 2.24) is 14.9 Å². The van der Waals surface area contributed by atoms with Gasteiger partial charge in [0.2, 0.25) is 0 Å². The summed E-state index contributed by atoms with van der Waals surface area (Å²) in [5.74, 6) is 0.955. The number of rotatable bonds is 2. The van der Waals surface area contributed by atoms with Crippen molar-refractivity contribution in [3.63, 3.8) is 0 Å². The van der Waals surface area contributed by atoms with Gasteiger partial charge in [0.25, 0.3) is 0 Å². The Kier molecular flexibility index (Phi) is 3.67. The fraction of sp³-hybridized carbons (Fsp3) is 0.529. The summed E-state index contributed by atoms with van der Waals surface area (Å²) in [6.07, 6.45) is 1.63. The van der Waals surface area contributed by atoms with Crippen molar-refractivity contribution in [1.29, 1.82) is 0 Å². The van der Waals surface area contributed by atoms with E-state index in [1.807, 2.05) is 6.07 Å². The highest BCUT2D eigenvalue weighted by Crippen LogP contribution is 2.31. The van der Waals surface area contributed by atoms with Crippen LogP contribution in [-0.2, 0) is 4.74 Å². The molecule has 0 bridgehead atoms. The summed E-state index contributed by atoms with van der Waals surface area (Å²) in [5.41, 5.74) is 1.84. The lowest BCUT2D eigenvalue weighted by molar-refractivity contribution is -0.0951. The standard InChI is InChI=1S/C17H22N4O2/c1-13-2-3-15-14(8-13)16(19-12-18-15)20-4-5-21-6-7-23-11-17(21,9-20)10-22/h2-3,8,12,22H,4-7,9-11H2,1H3. The van der Waals surface area contributed by atoms with Crippen molar-refractivity contribution >= 4 is 16.7 Å². The van der Waals surface area contributed by atoms with Crippen LogP contribution in [0.2, 0.25) is 0 Å². The van der Waals surface area contributed by atoms with Crippen LogP contribution in [0.3, 0.4) is 0 Å². The fourth-order valence-electron chi connectivity index (χ4n) is 3.72. The number of aryl methyl sites for hydroxylation is 1. The lowest BCUT2D eigenvalue weighted by atomic mass is 9.94. The predicted molar refractivity (Wildman–Crippen MR) is 88.7 cm³/mol. The maximum atomic E-state index is 10.0. The summed E-state index contributed by atoms with van der Waals surface area (Å²) in [6.45, 7) is 6.94. The Morgan fingerprint density at radius 3 is 3.04 bits per heavy atom. The number of piperazine rings is 1. The van der Waals surface area contributed by atoms with Crippen LogP contribution in [0.4, 0.5) is 5.82 Å². The van der Waals surface area contributed by atoms with Gasteiger partial charge in [0.1, 0.15) is 12.1 Å². The molecule has 0 saturated carbocycles. The van der Waals surface area contributed by atoms with E-state index < -0.39 is 0 Å². The van der Waals surface area contributed by atoms with Crippen LogP contribution in [0.1, 0.15) is 5.56 Å². The van der Waals surface area contributed by atoms with E-state index in [1.54, 1.807) is 6.33 Å². The van der Waals surface area contributed by atoms with Crippen molar-refractivity contribution in [3.8, 4) is 0 Å². The molecular weight excluding hydrogens is 292 g/mol. The third-order valence-corrected chi connectivity index (χ3v) is 5.04. The maximum absolute atomic E-state index is 10.0. The monoisotopic (exact) mass is 314 g/mol. The zero-order chi connectivity index (χ0) is 15.9. The molecule has 6 heteroatoms. The molecule has 4 rings (SSSR count). The van der Waals surface area contributed by atoms with E-state index in [9.17, 15) is 5.11 Å². The molecule has 0 amide bonds. The third-order valence-electron chi connectivity index (χ3n) is 5.04. The van der Waals surface area contributed by atoms with Crippen LogP contribution in [0.15, 0.2) is 24.5 Å². The Bertz CT molecular complexity index is 723. The van der Waals surface area contributed by atoms with E-state index in [0.717, 1.165) is 49.5 Å². The van der Waals surface area contributed by atoms with Crippen LogP contribution < -0.4 is 4.90 Å². The summed E-state index contributed by atoms with van der Waals surface area (Å²) >= 11 is 0. The minimum atomic E-state index is -0.322. The second kappa shape index (κ2) is 5.70. The van der Waals surface area contributed by atoms with Gasteiger partial charge in [-0.3, -0.25) is 4.90 Å². The fourth-order valence-corrected chi connectivity index (χ4v) is 3.72. The minimum Gasteiger partial charge on any atom is -0.394 e. The van der Waals surface area contributed by atoms with Gasteiger partial charge in [0.05, 0.1) is 30.9 Å². The average Bonchev–Trinajstić information content (AvgIpc) is 2.60. The number of aliphatic hydroxyl groups is 1. The molecule has 1 N–H and O–H groups in total. The molecule has 1 unspecified atom stereocenters. The van der Waals surface area contributed by atoms with E-state index in [4.69, 9.17) is 4.74 Å². The van der Waals surface area contributed by atoms with Gasteiger partial charge in [-0.2, -0.15) is 0 Å². The number of ether oxygens (including phenoxy) is 1. The first kappa shape index (κ1) is 14.8. The number of benzene rings is 1. The van der Waals surface area contributed by atoms with E-state index >= 15 is 0 Å². The number of aromatic nitrogens is 2. The lowest BCUT2D eigenvalue weighted by Gasteiger charge is -2.52. The van der Waals surface area contributed by atoms with Crippen molar-refractivity contribution in [2.24, 2.45) is 0 Å². The molecule has 1 aromatic carbocycles. The number of anilines is 1. The van der Waals surface area contributed by atoms with Crippen LogP contribution >= 0.6 is 0 Å². The normalized spacial score (nSPS) is 25.6. The first-order valence-electron chi connectivity index (χ1n) is 8.12. The lowest BCUT2D eigenvalue weighted by Crippen LogP contribution is -2.69. The van der Waals surface area contributed by atoms with Crippen molar-refractivity contribution in [2.75, 3.05) is 50.9 Å². The number of morpholine rings is 1.